The van der Waals surface area contributed by atoms with Crippen molar-refractivity contribution in [2.75, 3.05) is 17.2 Å². The Balaban J connectivity index is 1.89. The highest BCUT2D eigenvalue weighted by atomic mass is 79.9. The number of amides is 1. The van der Waals surface area contributed by atoms with Crippen LogP contribution in [0.3, 0.4) is 0 Å². The molecule has 0 unspecified atom stereocenters. The van der Waals surface area contributed by atoms with E-state index in [0.717, 1.165) is 10.2 Å². The lowest BCUT2D eigenvalue weighted by Crippen LogP contribution is -2.32. The van der Waals surface area contributed by atoms with Crippen LogP contribution in [0.15, 0.2) is 46.9 Å². The predicted octanol–water partition coefficient (Wildman–Crippen LogP) is 3.65. The molecule has 0 radical (unpaired) electrons. The predicted molar refractivity (Wildman–Crippen MR) is 105 cm³/mol. The van der Waals surface area contributed by atoms with Crippen LogP contribution in [-0.2, 0) is 14.3 Å². The molecule has 0 heterocycles. The maximum absolute atomic E-state index is 12.2. The van der Waals surface area contributed by atoms with E-state index in [1.165, 1.54) is 26.0 Å². The van der Waals surface area contributed by atoms with E-state index in [1.54, 1.807) is 18.2 Å². The largest absolute Gasteiger partial charge is 0.451 e. The third kappa shape index (κ3) is 5.78. The van der Waals surface area contributed by atoms with Gasteiger partial charge >= 0.3 is 5.97 Å². The zero-order valence-electron chi connectivity index (χ0n) is 14.7. The molecule has 8 nitrogen and oxygen atoms in total. The molecule has 0 aliphatic rings. The number of ether oxygens (including phenoxy) is 1. The number of carbonyl (C=O) groups excluding carboxylic acids is 2. The van der Waals surface area contributed by atoms with Crippen molar-refractivity contribution < 1.29 is 19.2 Å². The molecule has 0 aliphatic heterocycles. The van der Waals surface area contributed by atoms with E-state index < -0.39 is 22.9 Å². The number of halogens is 1. The average Bonchev–Trinajstić information content (AvgIpc) is 2.62. The van der Waals surface area contributed by atoms with Gasteiger partial charge in [-0.1, -0.05) is 22.0 Å². The number of anilines is 2. The van der Waals surface area contributed by atoms with Crippen LogP contribution in [0, 0.1) is 17.0 Å². The number of nitrogens with zero attached hydrogens (tertiary/aromatic N) is 1. The second kappa shape index (κ2) is 9.13. The number of benzene rings is 2. The van der Waals surface area contributed by atoms with Crippen molar-refractivity contribution >= 4 is 44.9 Å². The minimum atomic E-state index is -1.05. The summed E-state index contributed by atoms with van der Waals surface area (Å²) < 4.78 is 6.00. The van der Waals surface area contributed by atoms with Crippen LogP contribution in [0.4, 0.5) is 17.1 Å². The molecule has 0 saturated heterocycles. The molecule has 1 atom stereocenters. The number of nitro groups is 1. The lowest BCUT2D eigenvalue weighted by molar-refractivity contribution is -0.385. The van der Waals surface area contributed by atoms with Crippen molar-refractivity contribution in [3.8, 4) is 0 Å². The van der Waals surface area contributed by atoms with Crippen molar-refractivity contribution in [1.29, 1.82) is 0 Å². The first-order valence-corrected chi connectivity index (χ1v) is 8.81. The van der Waals surface area contributed by atoms with Crippen molar-refractivity contribution in [2.24, 2.45) is 0 Å². The van der Waals surface area contributed by atoms with E-state index in [2.05, 4.69) is 26.6 Å². The summed E-state index contributed by atoms with van der Waals surface area (Å²) in [7, 11) is 0. The van der Waals surface area contributed by atoms with Gasteiger partial charge in [-0.05, 0) is 44.2 Å². The number of nitro benzene ring substituents is 1. The van der Waals surface area contributed by atoms with E-state index in [-0.39, 0.29) is 12.2 Å². The molecular weight excluding hydrogens is 418 g/mol. The quantitative estimate of drug-likeness (QED) is 0.390. The lowest BCUT2D eigenvalue weighted by atomic mass is 10.1. The molecule has 1 amide bonds. The van der Waals surface area contributed by atoms with Gasteiger partial charge in [0.15, 0.2) is 6.10 Å². The Bertz CT molecular complexity index is 855. The van der Waals surface area contributed by atoms with Crippen LogP contribution in [0.2, 0.25) is 0 Å². The van der Waals surface area contributed by atoms with E-state index in [4.69, 9.17) is 4.74 Å². The Hall–Kier alpha value is -2.94. The Morgan fingerprint density at radius 1 is 1.22 bits per heavy atom. The first kappa shape index (κ1) is 20.4. The van der Waals surface area contributed by atoms with Gasteiger partial charge < -0.3 is 15.4 Å². The Morgan fingerprint density at radius 2 is 1.89 bits per heavy atom. The molecule has 0 fully saturated rings. The first-order chi connectivity index (χ1) is 12.8. The molecule has 0 spiro atoms. The summed E-state index contributed by atoms with van der Waals surface area (Å²) in [6, 6.07) is 11.6. The third-order valence-electron chi connectivity index (χ3n) is 3.72. The van der Waals surface area contributed by atoms with Gasteiger partial charge in [-0.2, -0.15) is 0 Å². The number of esters is 1. The van der Waals surface area contributed by atoms with Crippen LogP contribution in [0.1, 0.15) is 12.5 Å². The summed E-state index contributed by atoms with van der Waals surface area (Å²) >= 11 is 3.32. The number of nitrogens with one attached hydrogen (secondary N) is 2. The molecule has 0 saturated carbocycles. The second-order valence-electron chi connectivity index (χ2n) is 5.69. The molecule has 2 rings (SSSR count). The minimum absolute atomic E-state index is 0.101. The van der Waals surface area contributed by atoms with Crippen LogP contribution < -0.4 is 10.6 Å². The standard InChI is InChI=1S/C18H18BrN3O5/c1-11-15(4-3-5-16(11)22(25)26)21-18(24)12(2)27-17(23)10-20-14-8-6-13(19)7-9-14/h3-9,12,20H,10H2,1-2H3,(H,21,24)/t12-/m0/s1. The van der Waals surface area contributed by atoms with Crippen LogP contribution >= 0.6 is 15.9 Å². The highest BCUT2D eigenvalue weighted by Crippen LogP contribution is 2.25. The normalized spacial score (nSPS) is 11.4. The van der Waals surface area contributed by atoms with Crippen LogP contribution in [-0.4, -0.2) is 29.4 Å². The second-order valence-corrected chi connectivity index (χ2v) is 6.60. The Morgan fingerprint density at radius 3 is 2.52 bits per heavy atom. The Kier molecular flexibility index (Phi) is 6.89. The third-order valence-corrected chi connectivity index (χ3v) is 4.25. The smallest absolute Gasteiger partial charge is 0.326 e. The van der Waals surface area contributed by atoms with Gasteiger partial charge in [0.2, 0.25) is 0 Å². The van der Waals surface area contributed by atoms with Gasteiger partial charge in [-0.3, -0.25) is 19.7 Å². The topological polar surface area (TPSA) is 111 Å². The van der Waals surface area contributed by atoms with Crippen LogP contribution in [0.25, 0.3) is 0 Å². The summed E-state index contributed by atoms with van der Waals surface area (Å²) in [5.74, 6) is -1.17. The van der Waals surface area contributed by atoms with E-state index in [9.17, 15) is 19.7 Å². The number of hydrogen-bond donors (Lipinski definition) is 2. The maximum Gasteiger partial charge on any atom is 0.326 e. The zero-order valence-corrected chi connectivity index (χ0v) is 16.3. The minimum Gasteiger partial charge on any atom is -0.451 e. The molecule has 27 heavy (non-hydrogen) atoms. The summed E-state index contributed by atoms with van der Waals surface area (Å²) in [6.45, 7) is 2.86. The molecular formula is C18H18BrN3O5. The molecule has 9 heteroatoms. The highest BCUT2D eigenvalue weighted by Gasteiger charge is 2.20. The SMILES string of the molecule is Cc1c(NC(=O)[C@H](C)OC(=O)CNc2ccc(Br)cc2)cccc1[N+](=O)[O-]. The fraction of sp³-hybridized carbons (Fsp3) is 0.222. The fourth-order valence-electron chi connectivity index (χ4n) is 2.23. The van der Waals surface area contributed by atoms with Gasteiger partial charge in [0, 0.05) is 16.2 Å². The summed E-state index contributed by atoms with van der Waals surface area (Å²) in [5.41, 5.74) is 1.26. The first-order valence-electron chi connectivity index (χ1n) is 8.01. The number of rotatable bonds is 7. The van der Waals surface area contributed by atoms with Crippen LogP contribution in [0.5, 0.6) is 0 Å². The molecule has 2 aromatic rings. The van der Waals surface area contributed by atoms with Gasteiger partial charge in [0.1, 0.15) is 6.54 Å². The molecule has 2 N–H and O–H groups in total. The highest BCUT2D eigenvalue weighted by molar-refractivity contribution is 9.10. The summed E-state index contributed by atoms with van der Waals surface area (Å²) in [6.07, 6.45) is -1.05. The van der Waals surface area contributed by atoms with Gasteiger partial charge in [0.25, 0.3) is 11.6 Å². The van der Waals surface area contributed by atoms with Gasteiger partial charge in [-0.25, -0.2) is 0 Å². The molecule has 0 aromatic heterocycles. The maximum atomic E-state index is 12.2. The lowest BCUT2D eigenvalue weighted by Gasteiger charge is -2.15. The van der Waals surface area contributed by atoms with E-state index in [1.807, 2.05) is 12.1 Å². The van der Waals surface area contributed by atoms with Gasteiger partial charge in [0.05, 0.1) is 16.2 Å². The molecule has 142 valence electrons. The number of hydrogen-bond acceptors (Lipinski definition) is 6. The van der Waals surface area contributed by atoms with Crippen molar-refractivity contribution in [3.05, 3.63) is 62.6 Å². The Labute approximate surface area is 164 Å². The van der Waals surface area contributed by atoms with E-state index in [0.29, 0.717) is 11.3 Å². The summed E-state index contributed by atoms with van der Waals surface area (Å²) in [5, 5.41) is 16.4. The number of carbonyl (C=O) groups is 2. The summed E-state index contributed by atoms with van der Waals surface area (Å²) in [4.78, 5) is 34.5. The van der Waals surface area contributed by atoms with Crippen molar-refractivity contribution in [1.82, 2.24) is 0 Å². The zero-order chi connectivity index (χ0) is 20.0. The molecule has 0 bridgehead atoms. The van der Waals surface area contributed by atoms with E-state index >= 15 is 0 Å². The monoisotopic (exact) mass is 435 g/mol. The fourth-order valence-corrected chi connectivity index (χ4v) is 2.49. The van der Waals surface area contributed by atoms with Crippen molar-refractivity contribution in [3.63, 3.8) is 0 Å². The molecule has 2 aromatic carbocycles. The van der Waals surface area contributed by atoms with Gasteiger partial charge in [-0.15, -0.1) is 0 Å². The average molecular weight is 436 g/mol. The van der Waals surface area contributed by atoms with Crippen molar-refractivity contribution in [2.45, 2.75) is 20.0 Å². The molecule has 0 aliphatic carbocycles.